The van der Waals surface area contributed by atoms with Crippen LogP contribution in [0.15, 0.2) is 54.7 Å². The summed E-state index contributed by atoms with van der Waals surface area (Å²) in [6.07, 6.45) is 6.74. The van der Waals surface area contributed by atoms with Crippen LogP contribution in [0.4, 0.5) is 4.39 Å². The number of imidazole rings is 2. The first-order chi connectivity index (χ1) is 17.2. The highest BCUT2D eigenvalue weighted by molar-refractivity contribution is 5.71. The molecule has 4 heterocycles. The number of halogens is 1. The monoisotopic (exact) mass is 466 g/mol. The van der Waals surface area contributed by atoms with Gasteiger partial charge < -0.3 is 20.6 Å². The molecule has 2 saturated heterocycles. The quantitative estimate of drug-likeness (QED) is 0.329. The molecule has 2 aliphatic carbocycles. The summed E-state index contributed by atoms with van der Waals surface area (Å²) in [5.41, 5.74) is 5.56. The Kier molecular flexibility index (Phi) is 4.19. The maximum absolute atomic E-state index is 14.7. The Morgan fingerprint density at radius 3 is 1.83 bits per heavy atom. The van der Waals surface area contributed by atoms with Crippen molar-refractivity contribution >= 4 is 0 Å². The molecule has 4 fully saturated rings. The van der Waals surface area contributed by atoms with Crippen molar-refractivity contribution in [2.75, 3.05) is 0 Å². The van der Waals surface area contributed by atoms with Gasteiger partial charge in [0.1, 0.15) is 17.3 Å². The highest BCUT2D eigenvalue weighted by Gasteiger charge is 2.47. The molecule has 0 radical (unpaired) electrons. The average Bonchev–Trinajstić information content (AvgIpc) is 3.47. The summed E-state index contributed by atoms with van der Waals surface area (Å²) >= 11 is 0. The average molecular weight is 467 g/mol. The van der Waals surface area contributed by atoms with Crippen molar-refractivity contribution < 1.29 is 4.39 Å². The van der Waals surface area contributed by atoms with E-state index < -0.39 is 0 Å². The number of hydrogen-bond donors (Lipinski definition) is 4. The number of aromatic nitrogens is 4. The second-order valence-corrected chi connectivity index (χ2v) is 10.7. The lowest BCUT2D eigenvalue weighted by molar-refractivity contribution is 0.528. The molecular formula is C28H27FN6. The van der Waals surface area contributed by atoms with Crippen molar-refractivity contribution in [1.82, 2.24) is 30.6 Å². The van der Waals surface area contributed by atoms with E-state index in [0.29, 0.717) is 29.6 Å². The van der Waals surface area contributed by atoms with Gasteiger partial charge in [-0.3, -0.25) is 0 Å². The van der Waals surface area contributed by atoms with E-state index in [1.807, 2.05) is 30.5 Å². The van der Waals surface area contributed by atoms with E-state index in [0.717, 1.165) is 52.0 Å². The minimum Gasteiger partial charge on any atom is -0.341 e. The van der Waals surface area contributed by atoms with Crippen LogP contribution in [0.2, 0.25) is 0 Å². The molecule has 0 spiro atoms. The molecule has 0 amide bonds. The van der Waals surface area contributed by atoms with Gasteiger partial charge in [0.05, 0.1) is 24.0 Å². The molecule has 35 heavy (non-hydrogen) atoms. The van der Waals surface area contributed by atoms with Gasteiger partial charge in [0.2, 0.25) is 5.95 Å². The van der Waals surface area contributed by atoms with E-state index in [4.69, 9.17) is 0 Å². The smallest absolute Gasteiger partial charge is 0.219 e. The Hall–Kier alpha value is -3.29. The van der Waals surface area contributed by atoms with Crippen LogP contribution in [0, 0.1) is 17.8 Å². The lowest BCUT2D eigenvalue weighted by Gasteiger charge is -2.09. The summed E-state index contributed by atoms with van der Waals surface area (Å²) in [5, 5.41) is 7.18. The number of nitrogens with one attached hydrogen (secondary N) is 4. The first-order valence-corrected chi connectivity index (χ1v) is 12.7. The lowest BCUT2D eigenvalue weighted by Crippen LogP contribution is -2.18. The van der Waals surface area contributed by atoms with E-state index >= 15 is 0 Å². The van der Waals surface area contributed by atoms with E-state index in [9.17, 15) is 4.39 Å². The van der Waals surface area contributed by atoms with Crippen molar-refractivity contribution in [3.63, 3.8) is 0 Å². The minimum absolute atomic E-state index is 0.144. The number of aromatic amines is 2. The molecule has 6 nitrogen and oxygen atoms in total. The number of hydrogen-bond acceptors (Lipinski definition) is 4. The molecule has 2 unspecified atom stereocenters. The standard InChI is InChI=1S/C28H27FN6/c29-26-25(34-28(35-26)23-12-19-10-21(19)32-23)17-7-3-15(4-8-17)14-1-5-16(6-2-14)24-13-30-27(33-24)22-11-18-9-20(18)31-22/h1-8,13,18-23,31-32H,9-12H2,(H,30,33)(H,34,35)/t18-,19?,20-,21?,22+,23+/m1/s1. The Labute approximate surface area is 202 Å². The molecule has 0 bridgehead atoms. The van der Waals surface area contributed by atoms with Crippen LogP contribution >= 0.6 is 0 Å². The fraction of sp³-hybridized carbons (Fsp3) is 0.357. The van der Waals surface area contributed by atoms with Gasteiger partial charge in [-0.1, -0.05) is 48.5 Å². The van der Waals surface area contributed by atoms with Crippen LogP contribution in [0.25, 0.3) is 33.6 Å². The molecule has 2 saturated carbocycles. The van der Waals surface area contributed by atoms with Gasteiger partial charge in [0.15, 0.2) is 0 Å². The van der Waals surface area contributed by atoms with Crippen LogP contribution in [0.1, 0.15) is 49.4 Å². The number of piperidine rings is 2. The topological polar surface area (TPSA) is 81.4 Å². The third kappa shape index (κ3) is 3.45. The largest absolute Gasteiger partial charge is 0.341 e. The first kappa shape index (κ1) is 20.0. The van der Waals surface area contributed by atoms with E-state index in [1.54, 1.807) is 0 Å². The maximum atomic E-state index is 14.7. The van der Waals surface area contributed by atoms with Crippen molar-refractivity contribution in [2.24, 2.45) is 11.8 Å². The number of H-pyrrole nitrogens is 2. The van der Waals surface area contributed by atoms with E-state index in [2.05, 4.69) is 54.8 Å². The van der Waals surface area contributed by atoms with Gasteiger partial charge in [-0.05, 0) is 54.2 Å². The van der Waals surface area contributed by atoms with E-state index in [1.165, 1.54) is 19.3 Å². The number of benzene rings is 2. The molecule has 6 atom stereocenters. The second-order valence-electron chi connectivity index (χ2n) is 10.7. The van der Waals surface area contributed by atoms with Crippen LogP contribution in [0.5, 0.6) is 0 Å². The molecule has 4 aromatic rings. The molecule has 2 aromatic heterocycles. The molecule has 176 valence electrons. The van der Waals surface area contributed by atoms with Crippen molar-refractivity contribution in [1.29, 1.82) is 0 Å². The summed E-state index contributed by atoms with van der Waals surface area (Å²) in [4.78, 5) is 15.6. The predicted octanol–water partition coefficient (Wildman–Crippen LogP) is 5.12. The Balaban J connectivity index is 0.987. The van der Waals surface area contributed by atoms with Crippen LogP contribution in [0.3, 0.4) is 0 Å². The third-order valence-corrected chi connectivity index (χ3v) is 8.37. The van der Waals surface area contributed by atoms with Crippen molar-refractivity contribution in [3.05, 3.63) is 72.3 Å². The molecule has 2 aromatic carbocycles. The normalized spacial score (nSPS) is 30.3. The molecule has 4 N–H and O–H groups in total. The lowest BCUT2D eigenvalue weighted by atomic mass is 10.0. The number of fused-ring (bicyclic) bond motifs is 2. The Morgan fingerprint density at radius 1 is 0.657 bits per heavy atom. The zero-order valence-electron chi connectivity index (χ0n) is 19.3. The van der Waals surface area contributed by atoms with Crippen LogP contribution < -0.4 is 10.6 Å². The third-order valence-electron chi connectivity index (χ3n) is 8.37. The zero-order chi connectivity index (χ0) is 23.1. The second kappa shape index (κ2) is 7.35. The summed E-state index contributed by atoms with van der Waals surface area (Å²) in [6, 6.07) is 18.3. The van der Waals surface area contributed by atoms with Gasteiger partial charge in [0.25, 0.3) is 0 Å². The summed E-state index contributed by atoms with van der Waals surface area (Å²) < 4.78 is 14.7. The van der Waals surface area contributed by atoms with Crippen molar-refractivity contribution in [3.8, 4) is 33.6 Å². The Morgan fingerprint density at radius 2 is 1.23 bits per heavy atom. The first-order valence-electron chi connectivity index (χ1n) is 12.7. The summed E-state index contributed by atoms with van der Waals surface area (Å²) in [6.45, 7) is 0. The fourth-order valence-electron chi connectivity index (χ4n) is 6.11. The van der Waals surface area contributed by atoms with Gasteiger partial charge in [-0.15, -0.1) is 0 Å². The Bertz CT molecular complexity index is 1380. The fourth-order valence-corrected chi connectivity index (χ4v) is 6.11. The minimum atomic E-state index is -0.358. The highest BCUT2D eigenvalue weighted by atomic mass is 19.1. The van der Waals surface area contributed by atoms with Gasteiger partial charge >= 0.3 is 0 Å². The summed E-state index contributed by atoms with van der Waals surface area (Å²) in [5.74, 6) is 2.99. The molecule has 2 aliphatic heterocycles. The SMILES string of the molecule is Fc1[nH]c([C@@H]2CC3CC3N2)nc1-c1ccc(-c2ccc(-c3cnc([C@@H]4C[C@H]5C[C@H]5N4)[nH]3)cc2)cc1. The van der Waals surface area contributed by atoms with Gasteiger partial charge in [0, 0.05) is 17.6 Å². The molecule has 4 aliphatic rings. The number of rotatable bonds is 5. The predicted molar refractivity (Wildman–Crippen MR) is 132 cm³/mol. The van der Waals surface area contributed by atoms with Crippen molar-refractivity contribution in [2.45, 2.75) is 49.9 Å². The number of nitrogens with zero attached hydrogens (tertiary/aromatic N) is 2. The zero-order valence-corrected chi connectivity index (χ0v) is 19.3. The van der Waals surface area contributed by atoms with Crippen LogP contribution in [-0.4, -0.2) is 32.0 Å². The molecule has 7 heteroatoms. The van der Waals surface area contributed by atoms with E-state index in [-0.39, 0.29) is 12.0 Å². The van der Waals surface area contributed by atoms with Gasteiger partial charge in [-0.2, -0.15) is 4.39 Å². The highest BCUT2D eigenvalue weighted by Crippen LogP contribution is 2.46. The summed E-state index contributed by atoms with van der Waals surface area (Å²) in [7, 11) is 0. The van der Waals surface area contributed by atoms with Gasteiger partial charge in [-0.25, -0.2) is 9.97 Å². The maximum Gasteiger partial charge on any atom is 0.219 e. The molecular weight excluding hydrogens is 439 g/mol. The van der Waals surface area contributed by atoms with Crippen LogP contribution in [-0.2, 0) is 0 Å². The molecule has 8 rings (SSSR count).